The van der Waals surface area contributed by atoms with Crippen LogP contribution in [0.25, 0.3) is 0 Å². The first-order valence-corrected chi connectivity index (χ1v) is 5.07. The van der Waals surface area contributed by atoms with Crippen LogP contribution in [0.2, 0.25) is 0 Å². The first kappa shape index (κ1) is 12.7. The predicted molar refractivity (Wildman–Crippen MR) is 50.2 cm³/mol. The standard InChI is InChI=1S/C9H17F3N2O/c1-7-6-14(3-2-8(7)13)4-5-15-9(10,11)12/h7-8H,2-6,13H2,1H3. The Balaban J connectivity index is 2.17. The fourth-order valence-corrected chi connectivity index (χ4v) is 1.74. The maximum atomic E-state index is 11.7. The zero-order valence-corrected chi connectivity index (χ0v) is 8.76. The van der Waals surface area contributed by atoms with E-state index in [0.29, 0.717) is 12.5 Å². The van der Waals surface area contributed by atoms with Crippen LogP contribution in [0.15, 0.2) is 0 Å². The highest BCUT2D eigenvalue weighted by Crippen LogP contribution is 2.17. The van der Waals surface area contributed by atoms with Gasteiger partial charge in [-0.05, 0) is 18.9 Å². The van der Waals surface area contributed by atoms with Crippen LogP contribution in [-0.4, -0.2) is 43.5 Å². The van der Waals surface area contributed by atoms with E-state index in [-0.39, 0.29) is 12.6 Å². The summed E-state index contributed by atoms with van der Waals surface area (Å²) in [6, 6.07) is 0.171. The summed E-state index contributed by atoms with van der Waals surface area (Å²) in [6.45, 7) is 3.54. The van der Waals surface area contributed by atoms with Gasteiger partial charge in [0.15, 0.2) is 0 Å². The monoisotopic (exact) mass is 226 g/mol. The molecule has 2 N–H and O–H groups in total. The summed E-state index contributed by atoms with van der Waals surface area (Å²) >= 11 is 0. The van der Waals surface area contributed by atoms with Crippen molar-refractivity contribution in [2.75, 3.05) is 26.2 Å². The minimum absolute atomic E-state index is 0.171. The molecular weight excluding hydrogens is 209 g/mol. The van der Waals surface area contributed by atoms with Crippen molar-refractivity contribution < 1.29 is 17.9 Å². The lowest BCUT2D eigenvalue weighted by Crippen LogP contribution is -2.46. The maximum Gasteiger partial charge on any atom is 0.522 e. The molecule has 1 aliphatic heterocycles. The van der Waals surface area contributed by atoms with Crippen LogP contribution < -0.4 is 5.73 Å². The van der Waals surface area contributed by atoms with E-state index in [2.05, 4.69) is 4.74 Å². The maximum absolute atomic E-state index is 11.7. The molecule has 1 saturated heterocycles. The first-order valence-electron chi connectivity index (χ1n) is 5.07. The fourth-order valence-electron chi connectivity index (χ4n) is 1.74. The Morgan fingerprint density at radius 2 is 2.13 bits per heavy atom. The Kier molecular flexibility index (Phi) is 4.36. The van der Waals surface area contributed by atoms with Gasteiger partial charge in [0, 0.05) is 19.1 Å². The van der Waals surface area contributed by atoms with Gasteiger partial charge >= 0.3 is 6.36 Å². The number of ether oxygens (including phenoxy) is 1. The molecule has 0 spiro atoms. The zero-order valence-electron chi connectivity index (χ0n) is 8.76. The minimum Gasteiger partial charge on any atom is -0.327 e. The van der Waals surface area contributed by atoms with E-state index in [9.17, 15) is 13.2 Å². The van der Waals surface area contributed by atoms with Crippen molar-refractivity contribution in [2.45, 2.75) is 25.7 Å². The number of nitrogens with two attached hydrogens (primary N) is 1. The van der Waals surface area contributed by atoms with E-state index in [1.54, 1.807) is 0 Å². The quantitative estimate of drug-likeness (QED) is 0.785. The molecule has 0 saturated carbocycles. The van der Waals surface area contributed by atoms with Crippen LogP contribution in [0.4, 0.5) is 13.2 Å². The van der Waals surface area contributed by atoms with Gasteiger partial charge < -0.3 is 10.6 Å². The molecule has 2 atom stereocenters. The van der Waals surface area contributed by atoms with Crippen molar-refractivity contribution in [3.63, 3.8) is 0 Å². The average molecular weight is 226 g/mol. The highest BCUT2D eigenvalue weighted by molar-refractivity contribution is 4.79. The summed E-state index contributed by atoms with van der Waals surface area (Å²) in [5, 5.41) is 0. The Bertz CT molecular complexity index is 198. The molecule has 1 rings (SSSR count). The molecule has 1 fully saturated rings. The number of piperidine rings is 1. The normalized spacial score (nSPS) is 29.4. The molecule has 0 bridgehead atoms. The molecule has 0 aliphatic carbocycles. The molecule has 1 aliphatic rings. The van der Waals surface area contributed by atoms with Gasteiger partial charge in [0.2, 0.25) is 0 Å². The summed E-state index contributed by atoms with van der Waals surface area (Å²) < 4.78 is 38.8. The first-order chi connectivity index (χ1) is 6.88. The van der Waals surface area contributed by atoms with Crippen molar-refractivity contribution in [1.29, 1.82) is 0 Å². The van der Waals surface area contributed by atoms with Gasteiger partial charge in [-0.1, -0.05) is 6.92 Å². The fraction of sp³-hybridized carbons (Fsp3) is 1.00. The highest BCUT2D eigenvalue weighted by atomic mass is 19.4. The van der Waals surface area contributed by atoms with Crippen LogP contribution in [0.1, 0.15) is 13.3 Å². The Labute approximate surface area is 87.4 Å². The zero-order chi connectivity index (χ0) is 11.5. The number of halogens is 3. The summed E-state index contributed by atoms with van der Waals surface area (Å²) in [5.74, 6) is 0.338. The number of nitrogens with zero attached hydrogens (tertiary/aromatic N) is 1. The average Bonchev–Trinajstić information content (AvgIpc) is 2.09. The lowest BCUT2D eigenvalue weighted by atomic mass is 9.95. The number of hydrogen-bond donors (Lipinski definition) is 1. The van der Waals surface area contributed by atoms with Crippen molar-refractivity contribution in [3.8, 4) is 0 Å². The number of alkyl halides is 3. The third kappa shape index (κ3) is 4.81. The van der Waals surface area contributed by atoms with Gasteiger partial charge in [0.05, 0.1) is 6.61 Å². The Morgan fingerprint density at radius 3 is 2.67 bits per heavy atom. The van der Waals surface area contributed by atoms with E-state index >= 15 is 0 Å². The smallest absolute Gasteiger partial charge is 0.327 e. The van der Waals surface area contributed by atoms with Gasteiger partial charge in [-0.25, -0.2) is 0 Å². The van der Waals surface area contributed by atoms with Crippen molar-refractivity contribution >= 4 is 0 Å². The molecule has 2 unspecified atom stereocenters. The molecule has 0 aromatic carbocycles. The number of hydrogen-bond acceptors (Lipinski definition) is 3. The molecule has 3 nitrogen and oxygen atoms in total. The number of rotatable bonds is 3. The van der Waals surface area contributed by atoms with E-state index in [4.69, 9.17) is 5.73 Å². The van der Waals surface area contributed by atoms with Gasteiger partial charge in [0.1, 0.15) is 0 Å². The SMILES string of the molecule is CC1CN(CCOC(F)(F)F)CCC1N. The Hall–Kier alpha value is -0.330. The molecule has 0 radical (unpaired) electrons. The van der Waals surface area contributed by atoms with Crippen molar-refractivity contribution in [2.24, 2.45) is 11.7 Å². The van der Waals surface area contributed by atoms with Crippen molar-refractivity contribution in [1.82, 2.24) is 4.90 Å². The summed E-state index contributed by atoms with van der Waals surface area (Å²) in [6.07, 6.45) is -3.68. The van der Waals surface area contributed by atoms with E-state index in [0.717, 1.165) is 19.5 Å². The second-order valence-corrected chi connectivity index (χ2v) is 4.02. The molecular formula is C9H17F3N2O. The third-order valence-corrected chi connectivity index (χ3v) is 2.73. The minimum atomic E-state index is -4.52. The summed E-state index contributed by atoms with van der Waals surface area (Å²) in [4.78, 5) is 1.96. The van der Waals surface area contributed by atoms with Crippen LogP contribution in [0.5, 0.6) is 0 Å². The molecule has 6 heteroatoms. The lowest BCUT2D eigenvalue weighted by Gasteiger charge is -2.34. The topological polar surface area (TPSA) is 38.5 Å². The van der Waals surface area contributed by atoms with E-state index < -0.39 is 6.36 Å². The molecule has 0 aromatic heterocycles. The second-order valence-electron chi connectivity index (χ2n) is 4.02. The van der Waals surface area contributed by atoms with E-state index in [1.807, 2.05) is 11.8 Å². The molecule has 0 amide bonds. The number of likely N-dealkylation sites (tertiary alicyclic amines) is 1. The summed E-state index contributed by atoms with van der Waals surface area (Å²) in [5.41, 5.74) is 5.80. The predicted octanol–water partition coefficient (Wildman–Crippen LogP) is 1.19. The van der Waals surface area contributed by atoms with Crippen LogP contribution in [-0.2, 0) is 4.74 Å². The largest absolute Gasteiger partial charge is 0.522 e. The van der Waals surface area contributed by atoms with Crippen LogP contribution in [0, 0.1) is 5.92 Å². The molecule has 15 heavy (non-hydrogen) atoms. The van der Waals surface area contributed by atoms with Crippen LogP contribution in [0.3, 0.4) is 0 Å². The highest BCUT2D eigenvalue weighted by Gasteiger charge is 2.29. The second kappa shape index (κ2) is 5.14. The van der Waals surface area contributed by atoms with Crippen molar-refractivity contribution in [3.05, 3.63) is 0 Å². The van der Waals surface area contributed by atoms with Gasteiger partial charge in [-0.3, -0.25) is 4.74 Å². The molecule has 0 aromatic rings. The van der Waals surface area contributed by atoms with Crippen LogP contribution >= 0.6 is 0 Å². The van der Waals surface area contributed by atoms with Gasteiger partial charge in [0.25, 0.3) is 0 Å². The Morgan fingerprint density at radius 1 is 1.47 bits per heavy atom. The lowest BCUT2D eigenvalue weighted by molar-refractivity contribution is -0.325. The molecule has 1 heterocycles. The third-order valence-electron chi connectivity index (χ3n) is 2.73. The van der Waals surface area contributed by atoms with Gasteiger partial charge in [-0.15, -0.1) is 13.2 Å². The molecule has 90 valence electrons. The van der Waals surface area contributed by atoms with Gasteiger partial charge in [-0.2, -0.15) is 0 Å². The van der Waals surface area contributed by atoms with E-state index in [1.165, 1.54) is 0 Å². The summed E-state index contributed by atoms with van der Waals surface area (Å²) in [7, 11) is 0.